The lowest BCUT2D eigenvalue weighted by atomic mass is 10.2. The lowest BCUT2D eigenvalue weighted by molar-refractivity contribution is -0.126. The van der Waals surface area contributed by atoms with E-state index in [2.05, 4.69) is 16.7 Å². The van der Waals surface area contributed by atoms with E-state index < -0.39 is 12.1 Å². The highest BCUT2D eigenvalue weighted by Gasteiger charge is 2.29. The number of benzene rings is 2. The largest absolute Gasteiger partial charge is 0.449 e. The number of ether oxygens (including phenoxy) is 1. The summed E-state index contributed by atoms with van der Waals surface area (Å²) in [5.74, 6) is -0.690. The molecule has 3 aromatic rings. The minimum Gasteiger partial charge on any atom is -0.449 e. The third-order valence-corrected chi connectivity index (χ3v) is 5.42. The third kappa shape index (κ3) is 3.56. The summed E-state index contributed by atoms with van der Waals surface area (Å²) in [6.45, 7) is 6.32. The van der Waals surface area contributed by atoms with Crippen LogP contribution in [0.25, 0.3) is 5.69 Å². The molecule has 0 fully saturated rings. The molecule has 2 aromatic carbocycles. The highest BCUT2D eigenvalue weighted by atomic mass is 16.5. The number of aromatic nitrogens is 1. The van der Waals surface area contributed by atoms with Crippen LogP contribution >= 0.6 is 0 Å². The fraction of sp³-hybridized carbons (Fsp3) is 0.250. The average molecular weight is 388 g/mol. The smallest absolute Gasteiger partial charge is 0.338 e. The fourth-order valence-corrected chi connectivity index (χ4v) is 3.89. The minimum atomic E-state index is -0.845. The van der Waals surface area contributed by atoms with Crippen LogP contribution in [0.4, 0.5) is 5.69 Å². The van der Waals surface area contributed by atoms with Crippen molar-refractivity contribution in [3.8, 4) is 5.69 Å². The van der Waals surface area contributed by atoms with Crippen molar-refractivity contribution in [2.75, 3.05) is 11.4 Å². The number of para-hydroxylation sites is 1. The molecule has 1 atom stereocenters. The van der Waals surface area contributed by atoms with Gasteiger partial charge in [0.1, 0.15) is 0 Å². The molecule has 0 aliphatic carbocycles. The van der Waals surface area contributed by atoms with Gasteiger partial charge in [0, 0.05) is 29.3 Å². The molecule has 1 amide bonds. The number of hydrogen-bond acceptors (Lipinski definition) is 3. The summed E-state index contributed by atoms with van der Waals surface area (Å²) < 4.78 is 7.58. The van der Waals surface area contributed by atoms with E-state index in [9.17, 15) is 9.59 Å². The number of fused-ring (bicyclic) bond motifs is 1. The SMILES string of the molecule is Cc1ccc(C)n1-c1ccc(C(=O)O[C@H](C)C(=O)N2CCc3ccccc32)cc1. The van der Waals surface area contributed by atoms with Crippen LogP contribution in [-0.4, -0.2) is 29.1 Å². The zero-order valence-electron chi connectivity index (χ0n) is 16.9. The zero-order chi connectivity index (χ0) is 20.5. The maximum Gasteiger partial charge on any atom is 0.338 e. The molecule has 5 nitrogen and oxygen atoms in total. The van der Waals surface area contributed by atoms with Gasteiger partial charge < -0.3 is 14.2 Å². The summed E-state index contributed by atoms with van der Waals surface area (Å²) in [5, 5.41) is 0. The van der Waals surface area contributed by atoms with Gasteiger partial charge in [-0.3, -0.25) is 4.79 Å². The van der Waals surface area contributed by atoms with Crippen molar-refractivity contribution in [2.45, 2.75) is 33.3 Å². The van der Waals surface area contributed by atoms with Crippen molar-refractivity contribution in [3.05, 3.63) is 83.2 Å². The quantitative estimate of drug-likeness (QED) is 0.629. The monoisotopic (exact) mass is 388 g/mol. The number of esters is 1. The van der Waals surface area contributed by atoms with Crippen LogP contribution in [0.2, 0.25) is 0 Å². The Morgan fingerprint density at radius 2 is 1.59 bits per heavy atom. The van der Waals surface area contributed by atoms with Crippen molar-refractivity contribution in [1.82, 2.24) is 4.57 Å². The average Bonchev–Trinajstić information content (AvgIpc) is 3.30. The lowest BCUT2D eigenvalue weighted by Crippen LogP contribution is -2.39. The predicted octanol–water partition coefficient (Wildman–Crippen LogP) is 4.23. The van der Waals surface area contributed by atoms with E-state index in [0.717, 1.165) is 34.7 Å². The Bertz CT molecular complexity index is 1050. The lowest BCUT2D eigenvalue weighted by Gasteiger charge is -2.21. The second-order valence-electron chi connectivity index (χ2n) is 7.41. The molecule has 1 aliphatic heterocycles. The highest BCUT2D eigenvalue weighted by molar-refractivity contribution is 6.00. The van der Waals surface area contributed by atoms with E-state index in [0.29, 0.717) is 12.1 Å². The van der Waals surface area contributed by atoms with Crippen molar-refractivity contribution in [3.63, 3.8) is 0 Å². The molecular formula is C24H24N2O3. The van der Waals surface area contributed by atoms with Crippen LogP contribution in [0.5, 0.6) is 0 Å². The number of anilines is 1. The first-order valence-electron chi connectivity index (χ1n) is 9.81. The van der Waals surface area contributed by atoms with E-state index in [-0.39, 0.29) is 5.91 Å². The zero-order valence-corrected chi connectivity index (χ0v) is 16.9. The van der Waals surface area contributed by atoms with Gasteiger partial charge in [0.15, 0.2) is 6.10 Å². The molecule has 5 heteroatoms. The number of nitrogens with zero attached hydrogens (tertiary/aromatic N) is 2. The molecule has 148 valence electrons. The number of aryl methyl sites for hydroxylation is 2. The summed E-state index contributed by atoms with van der Waals surface area (Å²) in [6.07, 6.45) is -0.0234. The standard InChI is InChI=1S/C24H24N2O3/c1-16-8-9-17(2)26(16)21-12-10-20(11-13-21)24(28)29-18(3)23(27)25-15-14-19-6-4-5-7-22(19)25/h4-13,18H,14-15H2,1-3H3/t18-/m1/s1. The van der Waals surface area contributed by atoms with Crippen molar-refractivity contribution >= 4 is 17.6 Å². The third-order valence-electron chi connectivity index (χ3n) is 5.42. The van der Waals surface area contributed by atoms with Gasteiger partial charge in [-0.05, 0) is 75.2 Å². The molecule has 0 N–H and O–H groups in total. The number of hydrogen-bond donors (Lipinski definition) is 0. The van der Waals surface area contributed by atoms with Crippen LogP contribution in [0.3, 0.4) is 0 Å². The molecule has 0 unspecified atom stereocenters. The molecule has 29 heavy (non-hydrogen) atoms. The van der Waals surface area contributed by atoms with Crippen LogP contribution in [0, 0.1) is 13.8 Å². The Labute approximate surface area is 170 Å². The molecule has 0 bridgehead atoms. The number of rotatable bonds is 4. The first-order valence-corrected chi connectivity index (χ1v) is 9.81. The molecule has 0 radical (unpaired) electrons. The Morgan fingerprint density at radius 3 is 2.28 bits per heavy atom. The molecule has 1 aliphatic rings. The van der Waals surface area contributed by atoms with Crippen LogP contribution in [0.1, 0.15) is 34.2 Å². The maximum absolute atomic E-state index is 12.8. The van der Waals surface area contributed by atoms with Gasteiger partial charge in [0.2, 0.25) is 0 Å². The van der Waals surface area contributed by atoms with E-state index >= 15 is 0 Å². The summed E-state index contributed by atoms with van der Waals surface area (Å²) in [6, 6.07) is 19.2. The Kier molecular flexibility index (Phi) is 4.97. The molecule has 0 saturated heterocycles. The van der Waals surface area contributed by atoms with Crippen LogP contribution < -0.4 is 4.90 Å². The van der Waals surface area contributed by atoms with E-state index in [1.165, 1.54) is 0 Å². The predicted molar refractivity (Wildman–Crippen MR) is 113 cm³/mol. The Hall–Kier alpha value is -3.34. The number of carbonyl (C=O) groups is 2. The van der Waals surface area contributed by atoms with E-state index in [4.69, 9.17) is 4.74 Å². The van der Waals surface area contributed by atoms with Crippen molar-refractivity contribution in [1.29, 1.82) is 0 Å². The Morgan fingerprint density at radius 1 is 0.931 bits per heavy atom. The van der Waals surface area contributed by atoms with Crippen LogP contribution in [-0.2, 0) is 16.0 Å². The van der Waals surface area contributed by atoms with Gasteiger partial charge in [-0.1, -0.05) is 18.2 Å². The van der Waals surface area contributed by atoms with Gasteiger partial charge in [0.25, 0.3) is 5.91 Å². The summed E-state index contributed by atoms with van der Waals surface area (Å²) in [7, 11) is 0. The van der Waals surface area contributed by atoms with E-state index in [1.54, 1.807) is 24.0 Å². The first-order chi connectivity index (χ1) is 14.0. The molecule has 0 spiro atoms. The number of carbonyl (C=O) groups excluding carboxylic acids is 2. The Balaban J connectivity index is 1.45. The maximum atomic E-state index is 12.8. The van der Waals surface area contributed by atoms with Gasteiger partial charge in [-0.15, -0.1) is 0 Å². The summed E-state index contributed by atoms with van der Waals surface area (Å²) >= 11 is 0. The first kappa shape index (κ1) is 19.0. The highest BCUT2D eigenvalue weighted by Crippen LogP contribution is 2.28. The van der Waals surface area contributed by atoms with Gasteiger partial charge in [-0.25, -0.2) is 4.79 Å². The minimum absolute atomic E-state index is 0.196. The summed E-state index contributed by atoms with van der Waals surface area (Å²) in [4.78, 5) is 27.1. The fourth-order valence-electron chi connectivity index (χ4n) is 3.89. The normalized spacial score (nSPS) is 13.8. The molecule has 4 rings (SSSR count). The molecule has 1 aromatic heterocycles. The van der Waals surface area contributed by atoms with Crippen molar-refractivity contribution < 1.29 is 14.3 Å². The molecular weight excluding hydrogens is 364 g/mol. The second kappa shape index (κ2) is 7.59. The second-order valence-corrected chi connectivity index (χ2v) is 7.41. The van der Waals surface area contributed by atoms with Gasteiger partial charge in [0.05, 0.1) is 5.56 Å². The molecule has 0 saturated carbocycles. The van der Waals surface area contributed by atoms with Gasteiger partial charge >= 0.3 is 5.97 Å². The van der Waals surface area contributed by atoms with Crippen LogP contribution in [0.15, 0.2) is 60.7 Å². The molecule has 2 heterocycles. The number of amides is 1. The van der Waals surface area contributed by atoms with Gasteiger partial charge in [-0.2, -0.15) is 0 Å². The summed E-state index contributed by atoms with van der Waals surface area (Å²) in [5.41, 5.74) is 5.72. The topological polar surface area (TPSA) is 51.5 Å². The van der Waals surface area contributed by atoms with E-state index in [1.807, 2.05) is 50.2 Å². The van der Waals surface area contributed by atoms with Crippen molar-refractivity contribution in [2.24, 2.45) is 0 Å².